The highest BCUT2D eigenvalue weighted by molar-refractivity contribution is 6.14. The Morgan fingerprint density at radius 3 is 1.85 bits per heavy atom. The van der Waals surface area contributed by atoms with Crippen LogP contribution in [0.3, 0.4) is 0 Å². The molecule has 0 heterocycles. The third-order valence-corrected chi connectivity index (χ3v) is 3.93. The van der Waals surface area contributed by atoms with E-state index in [1.165, 1.54) is 0 Å². The van der Waals surface area contributed by atoms with Gasteiger partial charge < -0.3 is 9.47 Å². The monoisotopic (exact) mass is 362 g/mol. The minimum atomic E-state index is -0.599. The summed E-state index contributed by atoms with van der Waals surface area (Å²) in [6, 6.07) is 0. The quantitative estimate of drug-likeness (QED) is 0.254. The molecule has 0 saturated heterocycles. The van der Waals surface area contributed by atoms with Crippen LogP contribution in [0.4, 0.5) is 0 Å². The van der Waals surface area contributed by atoms with Gasteiger partial charge in [-0.1, -0.05) is 71.9 Å². The second-order valence-electron chi connectivity index (χ2n) is 8.37. The summed E-state index contributed by atoms with van der Waals surface area (Å²) in [6.45, 7) is 12.7. The Morgan fingerprint density at radius 2 is 1.46 bits per heavy atom. The molecular formula is C22H34O4. The van der Waals surface area contributed by atoms with Crippen molar-refractivity contribution in [3.8, 4) is 0 Å². The maximum absolute atomic E-state index is 12.6. The second kappa shape index (κ2) is 10.3. The summed E-state index contributed by atoms with van der Waals surface area (Å²) in [4.78, 5) is 25.2. The van der Waals surface area contributed by atoms with Gasteiger partial charge in [0.05, 0.1) is 13.2 Å². The first-order valence-electron chi connectivity index (χ1n) is 9.56. The van der Waals surface area contributed by atoms with Gasteiger partial charge in [0, 0.05) is 5.41 Å². The van der Waals surface area contributed by atoms with Crippen molar-refractivity contribution in [2.75, 3.05) is 13.2 Å². The van der Waals surface area contributed by atoms with E-state index in [0.29, 0.717) is 5.92 Å². The van der Waals surface area contributed by atoms with Crippen LogP contribution in [0.15, 0.2) is 36.0 Å². The zero-order valence-electron chi connectivity index (χ0n) is 17.1. The van der Waals surface area contributed by atoms with E-state index in [2.05, 4.69) is 26.0 Å². The third kappa shape index (κ3) is 7.59. The summed E-state index contributed by atoms with van der Waals surface area (Å²) in [7, 11) is 0. The Bertz CT molecular complexity index is 541. The number of hydrogen-bond donors (Lipinski definition) is 0. The second-order valence-corrected chi connectivity index (χ2v) is 8.37. The molecule has 26 heavy (non-hydrogen) atoms. The van der Waals surface area contributed by atoms with Gasteiger partial charge in [0.15, 0.2) is 0 Å². The van der Waals surface area contributed by atoms with E-state index in [-0.39, 0.29) is 36.0 Å². The van der Waals surface area contributed by atoms with E-state index in [4.69, 9.17) is 9.47 Å². The molecular weight excluding hydrogens is 328 g/mol. The van der Waals surface area contributed by atoms with Crippen LogP contribution in [0.1, 0.15) is 54.4 Å². The van der Waals surface area contributed by atoms with Crippen molar-refractivity contribution in [2.45, 2.75) is 54.4 Å². The molecule has 1 atom stereocenters. The molecule has 1 aliphatic carbocycles. The lowest BCUT2D eigenvalue weighted by Gasteiger charge is -2.30. The van der Waals surface area contributed by atoms with Gasteiger partial charge in [0.1, 0.15) is 5.57 Å². The average Bonchev–Trinajstić information content (AvgIpc) is 2.55. The normalized spacial score (nSPS) is 19.1. The summed E-state index contributed by atoms with van der Waals surface area (Å²) >= 11 is 0. The first kappa shape index (κ1) is 22.2. The molecule has 4 nitrogen and oxygen atoms in total. The van der Waals surface area contributed by atoms with Gasteiger partial charge in [-0.3, -0.25) is 0 Å². The molecule has 0 bridgehead atoms. The highest BCUT2D eigenvalue weighted by Crippen LogP contribution is 2.37. The number of allylic oxidation sites excluding steroid dienone is 5. The maximum Gasteiger partial charge on any atom is 0.345 e. The molecule has 1 aliphatic rings. The molecule has 0 aliphatic heterocycles. The van der Waals surface area contributed by atoms with Gasteiger partial charge in [-0.2, -0.15) is 0 Å². The Hall–Kier alpha value is -1.84. The van der Waals surface area contributed by atoms with Gasteiger partial charge in [-0.25, -0.2) is 9.59 Å². The fourth-order valence-electron chi connectivity index (χ4n) is 2.89. The molecule has 4 heteroatoms. The van der Waals surface area contributed by atoms with Gasteiger partial charge >= 0.3 is 11.9 Å². The van der Waals surface area contributed by atoms with E-state index in [1.807, 2.05) is 39.8 Å². The Balaban J connectivity index is 3.15. The number of esters is 2. The summed E-state index contributed by atoms with van der Waals surface area (Å²) < 4.78 is 10.7. The molecule has 0 aromatic rings. The van der Waals surface area contributed by atoms with Crippen LogP contribution in [0.25, 0.3) is 0 Å². The highest BCUT2D eigenvalue weighted by Gasteiger charge is 2.32. The Morgan fingerprint density at radius 1 is 0.923 bits per heavy atom. The summed E-state index contributed by atoms with van der Waals surface area (Å²) in [5, 5.41) is 0. The van der Waals surface area contributed by atoms with E-state index < -0.39 is 11.9 Å². The Labute approximate surface area is 158 Å². The molecule has 146 valence electrons. The average molecular weight is 363 g/mol. The lowest BCUT2D eigenvalue weighted by Crippen LogP contribution is -2.26. The molecule has 0 fully saturated rings. The lowest BCUT2D eigenvalue weighted by atomic mass is 9.74. The molecule has 0 N–H and O–H groups in total. The number of rotatable bonds is 9. The van der Waals surface area contributed by atoms with Crippen molar-refractivity contribution < 1.29 is 19.1 Å². The van der Waals surface area contributed by atoms with Crippen molar-refractivity contribution in [2.24, 2.45) is 23.2 Å². The van der Waals surface area contributed by atoms with Crippen molar-refractivity contribution in [1.82, 2.24) is 0 Å². The molecule has 0 spiro atoms. The predicted octanol–water partition coefficient (Wildman–Crippen LogP) is 4.86. The topological polar surface area (TPSA) is 52.6 Å². The molecule has 1 unspecified atom stereocenters. The summed E-state index contributed by atoms with van der Waals surface area (Å²) in [5.41, 5.74) is -0.363. The fourth-order valence-corrected chi connectivity index (χ4v) is 2.89. The molecule has 0 amide bonds. The number of hydrogen-bond acceptors (Lipinski definition) is 4. The first-order chi connectivity index (χ1) is 12.1. The Kier molecular flexibility index (Phi) is 8.83. The van der Waals surface area contributed by atoms with E-state index in [0.717, 1.165) is 12.8 Å². The van der Waals surface area contributed by atoms with Gasteiger partial charge in [0.25, 0.3) is 0 Å². The molecule has 0 radical (unpaired) electrons. The number of carbonyl (C=O) groups excluding carboxylic acids is 2. The van der Waals surface area contributed by atoms with Gasteiger partial charge in [-0.15, -0.1) is 0 Å². The maximum atomic E-state index is 12.6. The molecule has 0 aromatic heterocycles. The number of ether oxygens (including phenoxy) is 2. The minimum Gasteiger partial charge on any atom is -0.462 e. The van der Waals surface area contributed by atoms with Crippen molar-refractivity contribution in [3.05, 3.63) is 36.0 Å². The molecule has 0 aromatic carbocycles. The summed E-state index contributed by atoms with van der Waals surface area (Å²) in [6.07, 6.45) is 11.4. The van der Waals surface area contributed by atoms with E-state index in [9.17, 15) is 9.59 Å². The van der Waals surface area contributed by atoms with Crippen molar-refractivity contribution in [3.63, 3.8) is 0 Å². The first-order valence-corrected chi connectivity index (χ1v) is 9.56. The third-order valence-electron chi connectivity index (χ3n) is 3.93. The van der Waals surface area contributed by atoms with Crippen LogP contribution in [0.5, 0.6) is 0 Å². The van der Waals surface area contributed by atoms with Crippen LogP contribution in [0, 0.1) is 23.2 Å². The zero-order chi connectivity index (χ0) is 19.7. The highest BCUT2D eigenvalue weighted by atomic mass is 16.6. The standard InChI is InChI=1S/C22H34O4/c1-16(2)12-22(10-8-7-9-11-22)13-19(20(23)25-14-17(3)4)21(24)26-15-18(5)6/h7-10,13,16-18H,11-12,14-15H2,1-6H3. The van der Waals surface area contributed by atoms with Crippen LogP contribution in [0.2, 0.25) is 0 Å². The largest absolute Gasteiger partial charge is 0.462 e. The van der Waals surface area contributed by atoms with E-state index >= 15 is 0 Å². The van der Waals surface area contributed by atoms with Crippen molar-refractivity contribution in [1.29, 1.82) is 0 Å². The summed E-state index contributed by atoms with van der Waals surface area (Å²) in [5.74, 6) is -0.373. The van der Waals surface area contributed by atoms with Crippen LogP contribution in [-0.2, 0) is 19.1 Å². The van der Waals surface area contributed by atoms with Gasteiger partial charge in [-0.05, 0) is 30.6 Å². The van der Waals surface area contributed by atoms with Crippen LogP contribution < -0.4 is 0 Å². The predicted molar refractivity (Wildman–Crippen MR) is 104 cm³/mol. The van der Waals surface area contributed by atoms with Gasteiger partial charge in [0.2, 0.25) is 0 Å². The lowest BCUT2D eigenvalue weighted by molar-refractivity contribution is -0.148. The van der Waals surface area contributed by atoms with E-state index in [1.54, 1.807) is 6.08 Å². The number of carbonyl (C=O) groups is 2. The van der Waals surface area contributed by atoms with Crippen molar-refractivity contribution >= 4 is 11.9 Å². The molecule has 0 saturated carbocycles. The molecule has 1 rings (SSSR count). The fraction of sp³-hybridized carbons (Fsp3) is 0.636. The minimum absolute atomic E-state index is 0.00639. The SMILES string of the molecule is CC(C)COC(=O)C(=CC1(CC(C)C)C=CC=CC1)C(=O)OCC(C)C. The zero-order valence-corrected chi connectivity index (χ0v) is 17.1. The van der Waals surface area contributed by atoms with Crippen LogP contribution in [-0.4, -0.2) is 25.2 Å². The smallest absolute Gasteiger partial charge is 0.345 e. The van der Waals surface area contributed by atoms with Crippen LogP contribution >= 0.6 is 0 Å².